The maximum Gasteiger partial charge on any atom is 0.416 e. The maximum absolute atomic E-state index is 12.5. The molecule has 0 aromatic heterocycles. The summed E-state index contributed by atoms with van der Waals surface area (Å²) in [4.78, 5) is 23.8. The molecule has 2 aromatic rings. The Balaban J connectivity index is 1.81. The van der Waals surface area contributed by atoms with Crippen LogP contribution in [-0.4, -0.2) is 24.9 Å². The number of carbonyl (C=O) groups excluding carboxylic acids is 2. The SMILES string of the molecule is O=C(NCCNC(=O)c1ccccc1Br)c1ccc(C(F)(F)F)cc1. The Kier molecular flexibility index (Phi) is 6.19. The van der Waals surface area contributed by atoms with Crippen LogP contribution in [0.5, 0.6) is 0 Å². The van der Waals surface area contributed by atoms with Crippen LogP contribution < -0.4 is 10.6 Å². The van der Waals surface area contributed by atoms with Gasteiger partial charge in [-0.25, -0.2) is 0 Å². The lowest BCUT2D eigenvalue weighted by Gasteiger charge is -2.09. The van der Waals surface area contributed by atoms with Gasteiger partial charge in [-0.05, 0) is 52.3 Å². The van der Waals surface area contributed by atoms with Crippen molar-refractivity contribution in [2.75, 3.05) is 13.1 Å². The van der Waals surface area contributed by atoms with Crippen molar-refractivity contribution in [3.8, 4) is 0 Å². The van der Waals surface area contributed by atoms with Crippen LogP contribution in [-0.2, 0) is 6.18 Å². The van der Waals surface area contributed by atoms with E-state index >= 15 is 0 Å². The van der Waals surface area contributed by atoms with E-state index in [1.165, 1.54) is 0 Å². The van der Waals surface area contributed by atoms with Gasteiger partial charge in [0, 0.05) is 23.1 Å². The molecule has 0 unspecified atom stereocenters. The van der Waals surface area contributed by atoms with Crippen molar-refractivity contribution in [2.24, 2.45) is 0 Å². The molecule has 0 aliphatic rings. The van der Waals surface area contributed by atoms with Crippen molar-refractivity contribution in [3.05, 3.63) is 69.7 Å². The maximum atomic E-state index is 12.5. The van der Waals surface area contributed by atoms with E-state index in [-0.39, 0.29) is 24.6 Å². The fourth-order valence-electron chi connectivity index (χ4n) is 2.01. The van der Waals surface area contributed by atoms with Crippen LogP contribution in [0.3, 0.4) is 0 Å². The number of alkyl halides is 3. The minimum absolute atomic E-state index is 0.116. The molecule has 2 rings (SSSR count). The Labute approximate surface area is 150 Å². The number of hydrogen-bond acceptors (Lipinski definition) is 2. The van der Waals surface area contributed by atoms with Gasteiger partial charge >= 0.3 is 6.18 Å². The molecule has 0 bridgehead atoms. The third kappa shape index (κ3) is 5.32. The molecule has 0 atom stereocenters. The van der Waals surface area contributed by atoms with Crippen molar-refractivity contribution < 1.29 is 22.8 Å². The number of halogens is 4. The first-order valence-electron chi connectivity index (χ1n) is 7.27. The second kappa shape index (κ2) is 8.15. The van der Waals surface area contributed by atoms with Gasteiger partial charge in [-0.1, -0.05) is 12.1 Å². The summed E-state index contributed by atoms with van der Waals surface area (Å²) in [6.07, 6.45) is -4.44. The molecule has 0 spiro atoms. The first kappa shape index (κ1) is 19.0. The molecule has 2 N–H and O–H groups in total. The quantitative estimate of drug-likeness (QED) is 0.733. The Morgan fingerprint density at radius 1 is 0.880 bits per heavy atom. The van der Waals surface area contributed by atoms with Crippen molar-refractivity contribution >= 4 is 27.7 Å². The van der Waals surface area contributed by atoms with Crippen LogP contribution in [0.1, 0.15) is 26.3 Å². The zero-order chi connectivity index (χ0) is 18.4. The zero-order valence-electron chi connectivity index (χ0n) is 12.9. The molecular weight excluding hydrogens is 401 g/mol. The van der Waals surface area contributed by atoms with Gasteiger partial charge in [0.15, 0.2) is 0 Å². The van der Waals surface area contributed by atoms with Crippen LogP contribution in [0.4, 0.5) is 13.2 Å². The average Bonchev–Trinajstić information content (AvgIpc) is 2.58. The highest BCUT2D eigenvalue weighted by Gasteiger charge is 2.30. The predicted octanol–water partition coefficient (Wildman–Crippen LogP) is 3.63. The zero-order valence-corrected chi connectivity index (χ0v) is 14.4. The van der Waals surface area contributed by atoms with E-state index in [2.05, 4.69) is 26.6 Å². The molecule has 0 radical (unpaired) electrons. The van der Waals surface area contributed by atoms with Crippen molar-refractivity contribution in [1.82, 2.24) is 10.6 Å². The number of amides is 2. The molecule has 2 amide bonds. The Morgan fingerprint density at radius 3 is 2.00 bits per heavy atom. The standard InChI is InChI=1S/C17H14BrF3N2O2/c18-14-4-2-1-3-13(14)16(25)23-10-9-22-15(24)11-5-7-12(8-6-11)17(19,20)21/h1-8H,9-10H2,(H,22,24)(H,23,25). The molecule has 4 nitrogen and oxygen atoms in total. The van der Waals surface area contributed by atoms with Gasteiger partial charge in [0.05, 0.1) is 11.1 Å². The summed E-state index contributed by atoms with van der Waals surface area (Å²) in [6, 6.07) is 10.8. The van der Waals surface area contributed by atoms with E-state index in [0.29, 0.717) is 10.0 Å². The number of rotatable bonds is 5. The molecule has 0 aliphatic heterocycles. The van der Waals surface area contributed by atoms with Crippen LogP contribution in [0.2, 0.25) is 0 Å². The number of carbonyl (C=O) groups is 2. The van der Waals surface area contributed by atoms with E-state index in [1.807, 2.05) is 0 Å². The van der Waals surface area contributed by atoms with Crippen LogP contribution in [0.15, 0.2) is 53.0 Å². The van der Waals surface area contributed by atoms with Crippen LogP contribution in [0.25, 0.3) is 0 Å². The van der Waals surface area contributed by atoms with Crippen LogP contribution >= 0.6 is 15.9 Å². The van der Waals surface area contributed by atoms with E-state index in [4.69, 9.17) is 0 Å². The normalized spacial score (nSPS) is 11.0. The van der Waals surface area contributed by atoms with Crippen LogP contribution in [0, 0.1) is 0 Å². The molecule has 25 heavy (non-hydrogen) atoms. The lowest BCUT2D eigenvalue weighted by Crippen LogP contribution is -2.34. The summed E-state index contributed by atoms with van der Waals surface area (Å²) in [5.74, 6) is -0.805. The largest absolute Gasteiger partial charge is 0.416 e. The lowest BCUT2D eigenvalue weighted by atomic mass is 10.1. The second-order valence-corrected chi connectivity index (χ2v) is 5.92. The predicted molar refractivity (Wildman–Crippen MR) is 90.3 cm³/mol. The van der Waals surface area contributed by atoms with Gasteiger partial charge in [0.25, 0.3) is 11.8 Å². The molecule has 8 heteroatoms. The van der Waals surface area contributed by atoms with Gasteiger partial charge in [-0.2, -0.15) is 13.2 Å². The minimum Gasteiger partial charge on any atom is -0.350 e. The smallest absolute Gasteiger partial charge is 0.350 e. The summed E-state index contributed by atoms with van der Waals surface area (Å²) in [7, 11) is 0. The minimum atomic E-state index is -4.44. The highest BCUT2D eigenvalue weighted by Crippen LogP contribution is 2.29. The topological polar surface area (TPSA) is 58.2 Å². The van der Waals surface area contributed by atoms with E-state index < -0.39 is 17.6 Å². The fourth-order valence-corrected chi connectivity index (χ4v) is 2.47. The van der Waals surface area contributed by atoms with Gasteiger partial charge in [0.1, 0.15) is 0 Å². The first-order chi connectivity index (χ1) is 11.8. The number of benzene rings is 2. The third-order valence-electron chi connectivity index (χ3n) is 3.29. The summed E-state index contributed by atoms with van der Waals surface area (Å²) in [5.41, 5.74) is -0.230. The first-order valence-corrected chi connectivity index (χ1v) is 8.06. The van der Waals surface area contributed by atoms with Gasteiger partial charge in [-0.3, -0.25) is 9.59 Å². The van der Waals surface area contributed by atoms with Gasteiger partial charge < -0.3 is 10.6 Å². The summed E-state index contributed by atoms with van der Waals surface area (Å²) in [6.45, 7) is 0.336. The highest BCUT2D eigenvalue weighted by atomic mass is 79.9. The molecule has 2 aromatic carbocycles. The molecule has 0 saturated heterocycles. The van der Waals surface area contributed by atoms with Gasteiger partial charge in [0.2, 0.25) is 0 Å². The Bertz CT molecular complexity index is 761. The molecule has 0 heterocycles. The summed E-state index contributed by atoms with van der Waals surface area (Å²) in [5, 5.41) is 5.18. The monoisotopic (exact) mass is 414 g/mol. The number of nitrogens with one attached hydrogen (secondary N) is 2. The Hall–Kier alpha value is -2.35. The lowest BCUT2D eigenvalue weighted by molar-refractivity contribution is -0.137. The second-order valence-electron chi connectivity index (χ2n) is 5.07. The van der Waals surface area contributed by atoms with E-state index in [0.717, 1.165) is 24.3 Å². The van der Waals surface area contributed by atoms with Crippen molar-refractivity contribution in [2.45, 2.75) is 6.18 Å². The van der Waals surface area contributed by atoms with E-state index in [1.54, 1.807) is 24.3 Å². The van der Waals surface area contributed by atoms with Crippen molar-refractivity contribution in [3.63, 3.8) is 0 Å². The average molecular weight is 415 g/mol. The molecule has 132 valence electrons. The van der Waals surface area contributed by atoms with Gasteiger partial charge in [-0.15, -0.1) is 0 Å². The number of hydrogen-bond donors (Lipinski definition) is 2. The third-order valence-corrected chi connectivity index (χ3v) is 3.98. The fraction of sp³-hybridized carbons (Fsp3) is 0.176. The summed E-state index contributed by atoms with van der Waals surface area (Å²) >= 11 is 3.27. The van der Waals surface area contributed by atoms with Crippen molar-refractivity contribution in [1.29, 1.82) is 0 Å². The Morgan fingerprint density at radius 2 is 1.44 bits per heavy atom. The molecule has 0 fully saturated rings. The molecule has 0 saturated carbocycles. The summed E-state index contributed by atoms with van der Waals surface area (Å²) < 4.78 is 38.1. The molecule has 0 aliphatic carbocycles. The highest BCUT2D eigenvalue weighted by molar-refractivity contribution is 9.10. The molecular formula is C17H14BrF3N2O2. The van der Waals surface area contributed by atoms with E-state index in [9.17, 15) is 22.8 Å².